The summed E-state index contributed by atoms with van der Waals surface area (Å²) in [6.07, 6.45) is 1.66. The van der Waals surface area contributed by atoms with Crippen molar-refractivity contribution in [3.05, 3.63) is 11.4 Å². The quantitative estimate of drug-likeness (QED) is 0.608. The van der Waals surface area contributed by atoms with E-state index in [-0.39, 0.29) is 11.8 Å². The molecule has 7 nitrogen and oxygen atoms in total. The maximum atomic E-state index is 11.8. The lowest BCUT2D eigenvalue weighted by Crippen LogP contribution is -2.17. The van der Waals surface area contributed by atoms with Gasteiger partial charge in [0.05, 0.1) is 11.8 Å². The van der Waals surface area contributed by atoms with Crippen LogP contribution in [0.5, 0.6) is 0 Å². The first-order valence-electron chi connectivity index (χ1n) is 5.38. The molecular weight excluding hydrogens is 254 g/mol. The summed E-state index contributed by atoms with van der Waals surface area (Å²) in [6, 6.07) is 0. The van der Waals surface area contributed by atoms with Gasteiger partial charge >= 0.3 is 5.97 Å². The fraction of sp³-hybridized carbons (Fsp3) is 0.500. The molecule has 0 fully saturated rings. The van der Waals surface area contributed by atoms with Crippen LogP contribution in [0.3, 0.4) is 0 Å². The Hall–Kier alpha value is -1.70. The number of carbonyl (C=O) groups excluding carboxylic acids is 1. The zero-order chi connectivity index (χ0) is 13.3. The van der Waals surface area contributed by atoms with Gasteiger partial charge in [-0.2, -0.15) is 9.50 Å². The Kier molecular flexibility index (Phi) is 3.46. The summed E-state index contributed by atoms with van der Waals surface area (Å²) in [4.78, 5) is 15.9. The zero-order valence-corrected chi connectivity index (χ0v) is 11.4. The molecule has 0 atom stereocenters. The third-order valence-corrected chi connectivity index (χ3v) is 2.73. The minimum Gasteiger partial charge on any atom is -0.458 e. The number of hydrogen-bond donors (Lipinski definition) is 0. The number of aromatic nitrogens is 5. The zero-order valence-electron chi connectivity index (χ0n) is 10.5. The first-order chi connectivity index (χ1) is 8.52. The van der Waals surface area contributed by atoms with Gasteiger partial charge in [0.1, 0.15) is 0 Å². The van der Waals surface area contributed by atoms with E-state index in [9.17, 15) is 4.79 Å². The minimum atomic E-state index is -0.502. The lowest BCUT2D eigenvalue weighted by Gasteiger charge is -2.08. The molecule has 0 saturated carbocycles. The molecule has 0 unspecified atom stereocenters. The van der Waals surface area contributed by atoms with Crippen molar-refractivity contribution in [2.24, 2.45) is 0 Å². The van der Waals surface area contributed by atoms with Crippen molar-refractivity contribution in [1.82, 2.24) is 24.8 Å². The number of rotatable bonds is 3. The Labute approximate surface area is 108 Å². The Morgan fingerprint density at radius 1 is 1.39 bits per heavy atom. The van der Waals surface area contributed by atoms with Crippen LogP contribution in [-0.4, -0.2) is 43.1 Å². The second-order valence-electron chi connectivity index (χ2n) is 3.90. The normalized spacial score (nSPS) is 11.2. The molecule has 2 rings (SSSR count). The van der Waals surface area contributed by atoms with Crippen molar-refractivity contribution < 1.29 is 9.53 Å². The number of nitrogens with zero attached hydrogens (tertiary/aromatic N) is 5. The van der Waals surface area contributed by atoms with E-state index in [4.69, 9.17) is 4.74 Å². The number of fused-ring (bicyclic) bond motifs is 1. The molecule has 0 radical (unpaired) electrons. The second kappa shape index (κ2) is 4.89. The van der Waals surface area contributed by atoms with Crippen molar-refractivity contribution in [3.63, 3.8) is 0 Å². The number of ether oxygens (including phenoxy) is 1. The maximum Gasteiger partial charge on any atom is 0.361 e. The molecule has 2 aromatic heterocycles. The Balaban J connectivity index is 2.47. The molecule has 0 aliphatic rings. The lowest BCUT2D eigenvalue weighted by atomic mass is 10.3. The number of aryl methyl sites for hydroxylation is 1. The molecule has 2 aromatic rings. The van der Waals surface area contributed by atoms with Crippen LogP contribution in [0.25, 0.3) is 5.78 Å². The Morgan fingerprint density at radius 2 is 2.11 bits per heavy atom. The van der Waals surface area contributed by atoms with Crippen molar-refractivity contribution in [1.29, 1.82) is 0 Å². The van der Waals surface area contributed by atoms with Gasteiger partial charge in [0.25, 0.3) is 5.78 Å². The Bertz CT molecular complexity index is 595. The highest BCUT2D eigenvalue weighted by molar-refractivity contribution is 7.98. The molecule has 0 aromatic carbocycles. The highest BCUT2D eigenvalue weighted by atomic mass is 32.2. The maximum absolute atomic E-state index is 11.8. The summed E-state index contributed by atoms with van der Waals surface area (Å²) in [5.74, 6) is -0.129. The third-order valence-electron chi connectivity index (χ3n) is 2.19. The number of thioether (sulfide) groups is 1. The van der Waals surface area contributed by atoms with Crippen molar-refractivity contribution in [3.8, 4) is 0 Å². The van der Waals surface area contributed by atoms with E-state index in [2.05, 4.69) is 20.3 Å². The minimum absolute atomic E-state index is 0.161. The van der Waals surface area contributed by atoms with Crippen molar-refractivity contribution in [2.75, 3.05) is 6.26 Å². The highest BCUT2D eigenvalue weighted by Gasteiger charge is 2.19. The summed E-state index contributed by atoms with van der Waals surface area (Å²) in [7, 11) is 0. The van der Waals surface area contributed by atoms with Crippen LogP contribution in [-0.2, 0) is 4.74 Å². The van der Waals surface area contributed by atoms with Gasteiger partial charge in [-0.05, 0) is 27.0 Å². The topological polar surface area (TPSA) is 82.3 Å². The molecule has 0 aliphatic heterocycles. The number of esters is 1. The molecule has 0 aliphatic carbocycles. The molecule has 0 saturated heterocycles. The molecule has 0 bridgehead atoms. The fourth-order valence-electron chi connectivity index (χ4n) is 1.39. The van der Waals surface area contributed by atoms with Gasteiger partial charge in [-0.1, -0.05) is 11.8 Å². The summed E-state index contributed by atoms with van der Waals surface area (Å²) in [6.45, 7) is 5.29. The summed E-state index contributed by atoms with van der Waals surface area (Å²) in [5.41, 5.74) is 0.729. The van der Waals surface area contributed by atoms with Crippen LogP contribution in [0.15, 0.2) is 5.16 Å². The fourth-order valence-corrected chi connectivity index (χ4v) is 1.72. The second-order valence-corrected chi connectivity index (χ2v) is 4.67. The van der Waals surface area contributed by atoms with E-state index in [1.54, 1.807) is 20.8 Å². The smallest absolute Gasteiger partial charge is 0.361 e. The average molecular weight is 267 g/mol. The predicted octanol–water partition coefficient (Wildman–Crippen LogP) is 1.11. The first-order valence-corrected chi connectivity index (χ1v) is 6.60. The standard InChI is InChI=1S/C10H13N5O2S/c1-5(2)17-8(16)7-6(3)15-9(13-12-7)11-10(14-15)18-4/h5H,1-4H3. The van der Waals surface area contributed by atoms with E-state index in [0.29, 0.717) is 16.6 Å². The molecule has 8 heteroatoms. The third kappa shape index (κ3) is 2.28. The van der Waals surface area contributed by atoms with E-state index < -0.39 is 5.97 Å². The van der Waals surface area contributed by atoms with Gasteiger partial charge in [0.15, 0.2) is 5.69 Å². The monoisotopic (exact) mass is 267 g/mol. The molecule has 18 heavy (non-hydrogen) atoms. The van der Waals surface area contributed by atoms with Gasteiger partial charge in [-0.15, -0.1) is 15.3 Å². The average Bonchev–Trinajstić information content (AvgIpc) is 2.72. The summed E-state index contributed by atoms with van der Waals surface area (Å²) >= 11 is 1.40. The van der Waals surface area contributed by atoms with Crippen molar-refractivity contribution >= 4 is 23.5 Å². The van der Waals surface area contributed by atoms with Gasteiger partial charge in [0, 0.05) is 0 Å². The summed E-state index contributed by atoms with van der Waals surface area (Å²) < 4.78 is 6.59. The molecule has 96 valence electrons. The molecule has 0 amide bonds. The van der Waals surface area contributed by atoms with E-state index in [0.717, 1.165) is 0 Å². The SMILES string of the molecule is CSc1nc2nnc(C(=O)OC(C)C)c(C)n2n1. The van der Waals surface area contributed by atoms with E-state index in [1.807, 2.05) is 6.26 Å². The molecule has 2 heterocycles. The van der Waals surface area contributed by atoms with Crippen LogP contribution in [0, 0.1) is 6.92 Å². The lowest BCUT2D eigenvalue weighted by molar-refractivity contribution is 0.0367. The van der Waals surface area contributed by atoms with Crippen molar-refractivity contribution in [2.45, 2.75) is 32.0 Å². The van der Waals surface area contributed by atoms with Crippen LogP contribution >= 0.6 is 11.8 Å². The van der Waals surface area contributed by atoms with Crippen LogP contribution < -0.4 is 0 Å². The molecule has 0 spiro atoms. The number of hydrogen-bond acceptors (Lipinski definition) is 7. The largest absolute Gasteiger partial charge is 0.458 e. The summed E-state index contributed by atoms with van der Waals surface area (Å²) in [5, 5.41) is 12.5. The van der Waals surface area contributed by atoms with Gasteiger partial charge < -0.3 is 4.74 Å². The van der Waals surface area contributed by atoms with Crippen LogP contribution in [0.1, 0.15) is 30.0 Å². The van der Waals surface area contributed by atoms with Gasteiger partial charge in [-0.25, -0.2) is 4.79 Å². The van der Waals surface area contributed by atoms with Crippen LogP contribution in [0.2, 0.25) is 0 Å². The van der Waals surface area contributed by atoms with Crippen LogP contribution in [0.4, 0.5) is 0 Å². The van der Waals surface area contributed by atoms with E-state index in [1.165, 1.54) is 16.3 Å². The molecule has 0 N–H and O–H groups in total. The molecular formula is C10H13N5O2S. The highest BCUT2D eigenvalue weighted by Crippen LogP contribution is 2.12. The van der Waals surface area contributed by atoms with E-state index >= 15 is 0 Å². The number of carbonyl (C=O) groups is 1. The van der Waals surface area contributed by atoms with Gasteiger partial charge in [-0.3, -0.25) is 0 Å². The van der Waals surface area contributed by atoms with Gasteiger partial charge in [0.2, 0.25) is 5.16 Å². The Morgan fingerprint density at radius 3 is 2.72 bits per heavy atom. The predicted molar refractivity (Wildman–Crippen MR) is 65.6 cm³/mol. The first kappa shape index (κ1) is 12.7.